The van der Waals surface area contributed by atoms with Crippen molar-refractivity contribution in [3.05, 3.63) is 167 Å². The minimum absolute atomic E-state index is 0.525. The van der Waals surface area contributed by atoms with E-state index in [0.29, 0.717) is 30.2 Å². The van der Waals surface area contributed by atoms with Gasteiger partial charge in [0.05, 0.1) is 5.69 Å². The Labute approximate surface area is 353 Å². The second kappa shape index (κ2) is 27.4. The van der Waals surface area contributed by atoms with E-state index in [1.54, 1.807) is 11.8 Å². The minimum Gasteiger partial charge on any atom is -0.310 e. The van der Waals surface area contributed by atoms with E-state index in [-0.39, 0.29) is 0 Å². The number of nitrogens with zero attached hydrogens (tertiary/aromatic N) is 4. The van der Waals surface area contributed by atoms with Gasteiger partial charge in [-0.3, -0.25) is 19.8 Å². The van der Waals surface area contributed by atoms with Gasteiger partial charge in [0.2, 0.25) is 0 Å². The number of benzene rings is 3. The predicted octanol–water partition coefficient (Wildman–Crippen LogP) is 10.2. The van der Waals surface area contributed by atoms with Crippen LogP contribution >= 0.6 is 0 Å². The molecular formula is C51H75N7. The first-order valence-corrected chi connectivity index (χ1v) is 21.6. The van der Waals surface area contributed by atoms with E-state index in [4.69, 9.17) is 0 Å². The summed E-state index contributed by atoms with van der Waals surface area (Å²) in [4.78, 5) is 13.2. The molecule has 7 rings (SSSR count). The molecule has 2 aromatic heterocycles. The molecule has 0 unspecified atom stereocenters. The molecule has 0 spiro atoms. The van der Waals surface area contributed by atoms with Crippen molar-refractivity contribution >= 4 is 0 Å². The molecule has 0 aliphatic carbocycles. The molecular weight excluding hydrogens is 711 g/mol. The van der Waals surface area contributed by atoms with Gasteiger partial charge in [0.1, 0.15) is 0 Å². The molecule has 3 N–H and O–H groups in total. The Hall–Kier alpha value is -4.24. The molecule has 5 aromatic rings. The summed E-state index contributed by atoms with van der Waals surface area (Å²) in [5.41, 5.74) is 9.75. The van der Waals surface area contributed by atoms with Gasteiger partial charge >= 0.3 is 0 Å². The van der Waals surface area contributed by atoms with Crippen LogP contribution in [0.4, 0.5) is 0 Å². The van der Waals surface area contributed by atoms with Gasteiger partial charge in [-0.1, -0.05) is 133 Å². The van der Waals surface area contributed by atoms with Gasteiger partial charge in [-0.25, -0.2) is 0 Å². The summed E-state index contributed by atoms with van der Waals surface area (Å²) >= 11 is 0. The first-order chi connectivity index (χ1) is 27.9. The quantitative estimate of drug-likeness (QED) is 0.123. The number of hydrogen-bond donors (Lipinski definition) is 3. The standard InChI is InChI=1S/C12H17N.C11H15N.C10H15N.2C9H14N2/c1-10(2)13-8-7-11-5-3-4-6-12(11)9-13;1-9(2)12-7-10-5-3-4-6-11(10)8-12;1-9(2)11-8-10-6-4-3-5-7-10;1-8(2)11-7-9-4-3-5-10-6-9;1-8(2)11-7-9-5-3-4-6-10-9/h3-6,10H,7-9H2,1-2H3;3-6,9H,7-8H2,1-2H3;3-7,9,11H,8H2,1-2H3;2*3-6,8,11H,7H2,1-2H3. The fourth-order valence-corrected chi connectivity index (χ4v) is 6.24. The zero-order valence-electron chi connectivity index (χ0n) is 37.5. The third-order valence-corrected chi connectivity index (χ3v) is 9.90. The summed E-state index contributed by atoms with van der Waals surface area (Å²) in [6.45, 7) is 29.2. The topological polar surface area (TPSA) is 68.3 Å². The van der Waals surface area contributed by atoms with Gasteiger partial charge in [0.25, 0.3) is 0 Å². The predicted molar refractivity (Wildman–Crippen MR) is 247 cm³/mol. The molecule has 7 nitrogen and oxygen atoms in total. The van der Waals surface area contributed by atoms with Crippen LogP contribution in [-0.2, 0) is 45.7 Å². The molecule has 0 amide bonds. The lowest BCUT2D eigenvalue weighted by atomic mass is 9.99. The smallest absolute Gasteiger partial charge is 0.0541 e. The summed E-state index contributed by atoms with van der Waals surface area (Å²) in [5.74, 6) is 0. The van der Waals surface area contributed by atoms with Crippen LogP contribution in [0.15, 0.2) is 128 Å². The summed E-state index contributed by atoms with van der Waals surface area (Å²) < 4.78 is 0. The van der Waals surface area contributed by atoms with Crippen molar-refractivity contribution in [1.29, 1.82) is 0 Å². The normalized spacial score (nSPS) is 13.4. The third-order valence-electron chi connectivity index (χ3n) is 9.90. The van der Waals surface area contributed by atoms with Crippen LogP contribution in [0.25, 0.3) is 0 Å². The third kappa shape index (κ3) is 20.0. The summed E-state index contributed by atoms with van der Waals surface area (Å²) in [7, 11) is 0. The molecule has 2 aliphatic rings. The zero-order chi connectivity index (χ0) is 42.1. The van der Waals surface area contributed by atoms with E-state index in [9.17, 15) is 0 Å². The summed E-state index contributed by atoms with van der Waals surface area (Å²) in [6.07, 6.45) is 6.71. The van der Waals surface area contributed by atoms with Crippen LogP contribution < -0.4 is 16.0 Å². The minimum atomic E-state index is 0.525. The van der Waals surface area contributed by atoms with Gasteiger partial charge in [0, 0.05) is 94.6 Å². The largest absolute Gasteiger partial charge is 0.310 e. The lowest BCUT2D eigenvalue weighted by Gasteiger charge is -2.31. The maximum atomic E-state index is 4.19. The SMILES string of the molecule is CC(C)N1CCc2ccccc2C1.CC(C)N1Cc2ccccc2C1.CC(C)NCc1ccccc1.CC(C)NCc1ccccn1.CC(C)NCc1cccnc1. The van der Waals surface area contributed by atoms with Crippen molar-refractivity contribution in [3.8, 4) is 0 Å². The molecule has 0 saturated heterocycles. The van der Waals surface area contributed by atoms with E-state index in [0.717, 1.165) is 45.0 Å². The van der Waals surface area contributed by atoms with Crippen molar-refractivity contribution in [1.82, 2.24) is 35.7 Å². The average Bonchev–Trinajstić information content (AvgIpc) is 3.69. The van der Waals surface area contributed by atoms with Crippen LogP contribution in [0.1, 0.15) is 108 Å². The Morgan fingerprint density at radius 2 is 0.931 bits per heavy atom. The number of rotatable bonds is 11. The van der Waals surface area contributed by atoms with Gasteiger partial charge in [-0.15, -0.1) is 0 Å². The van der Waals surface area contributed by atoms with Crippen molar-refractivity contribution < 1.29 is 0 Å². The van der Waals surface area contributed by atoms with Gasteiger partial charge < -0.3 is 16.0 Å². The highest BCUT2D eigenvalue weighted by atomic mass is 15.2. The van der Waals surface area contributed by atoms with Crippen molar-refractivity contribution in [2.45, 2.75) is 145 Å². The molecule has 0 atom stereocenters. The van der Waals surface area contributed by atoms with E-state index < -0.39 is 0 Å². The number of aromatic nitrogens is 2. The average molecular weight is 786 g/mol. The van der Waals surface area contributed by atoms with Crippen LogP contribution in [0.3, 0.4) is 0 Å². The molecule has 58 heavy (non-hydrogen) atoms. The lowest BCUT2D eigenvalue weighted by molar-refractivity contribution is 0.203. The van der Waals surface area contributed by atoms with Crippen molar-refractivity contribution in [2.75, 3.05) is 6.54 Å². The molecule has 2 aliphatic heterocycles. The fraction of sp³-hybridized carbons (Fsp3) is 0.451. The second-order valence-electron chi connectivity index (χ2n) is 16.6. The van der Waals surface area contributed by atoms with E-state index >= 15 is 0 Å². The van der Waals surface area contributed by atoms with Gasteiger partial charge in [-0.05, 0) is 85.7 Å². The van der Waals surface area contributed by atoms with Gasteiger partial charge in [-0.2, -0.15) is 0 Å². The maximum absolute atomic E-state index is 4.19. The lowest BCUT2D eigenvalue weighted by Crippen LogP contribution is -2.35. The number of nitrogens with one attached hydrogen (secondary N) is 3. The number of fused-ring (bicyclic) bond motifs is 2. The van der Waals surface area contributed by atoms with Crippen LogP contribution in [0.2, 0.25) is 0 Å². The van der Waals surface area contributed by atoms with Crippen LogP contribution in [-0.4, -0.2) is 56.5 Å². The molecule has 7 heteroatoms. The molecule has 0 saturated carbocycles. The molecule has 0 bridgehead atoms. The Morgan fingerprint density at radius 1 is 0.466 bits per heavy atom. The molecule has 3 aromatic carbocycles. The van der Waals surface area contributed by atoms with Crippen molar-refractivity contribution in [2.24, 2.45) is 0 Å². The molecule has 0 fully saturated rings. The number of pyridine rings is 2. The van der Waals surface area contributed by atoms with Gasteiger partial charge in [0.15, 0.2) is 0 Å². The van der Waals surface area contributed by atoms with E-state index in [1.807, 2.05) is 42.7 Å². The Kier molecular flexibility index (Phi) is 22.8. The summed E-state index contributed by atoms with van der Waals surface area (Å²) in [6, 6.07) is 40.9. The molecule has 314 valence electrons. The number of hydrogen-bond acceptors (Lipinski definition) is 7. The Bertz CT molecular complexity index is 1620. The van der Waals surface area contributed by atoms with E-state index in [1.165, 1.54) is 40.8 Å². The highest BCUT2D eigenvalue weighted by Gasteiger charge is 2.20. The monoisotopic (exact) mass is 786 g/mol. The Balaban J connectivity index is 0.000000194. The van der Waals surface area contributed by atoms with Crippen LogP contribution in [0, 0.1) is 0 Å². The van der Waals surface area contributed by atoms with Crippen LogP contribution in [0.5, 0.6) is 0 Å². The van der Waals surface area contributed by atoms with E-state index in [2.05, 4.69) is 184 Å². The summed E-state index contributed by atoms with van der Waals surface area (Å²) in [5, 5.41) is 9.98. The first-order valence-electron chi connectivity index (χ1n) is 21.6. The Morgan fingerprint density at radius 3 is 1.43 bits per heavy atom. The highest BCUT2D eigenvalue weighted by Crippen LogP contribution is 2.23. The molecule has 0 radical (unpaired) electrons. The van der Waals surface area contributed by atoms with Crippen molar-refractivity contribution in [3.63, 3.8) is 0 Å². The fourth-order valence-electron chi connectivity index (χ4n) is 6.24. The maximum Gasteiger partial charge on any atom is 0.0541 e. The first kappa shape index (κ1) is 48.1. The molecule has 4 heterocycles. The second-order valence-corrected chi connectivity index (χ2v) is 16.6. The highest BCUT2D eigenvalue weighted by molar-refractivity contribution is 5.30. The zero-order valence-corrected chi connectivity index (χ0v) is 37.5.